The molecule has 1 atom stereocenters. The molecule has 1 aromatic rings. The second-order valence-corrected chi connectivity index (χ2v) is 12.3. The lowest BCUT2D eigenvalue weighted by atomic mass is 9.94. The van der Waals surface area contributed by atoms with Gasteiger partial charge in [0, 0.05) is 18.5 Å². The molecule has 1 aromatic carbocycles. The summed E-state index contributed by atoms with van der Waals surface area (Å²) in [6.07, 6.45) is 0.0432. The number of fused-ring (bicyclic) bond motifs is 1. The minimum atomic E-state index is -4.06. The van der Waals surface area contributed by atoms with Crippen LogP contribution in [0.4, 0.5) is 4.79 Å². The Morgan fingerprint density at radius 1 is 1.17 bits per heavy atom. The van der Waals surface area contributed by atoms with Gasteiger partial charge in [0.15, 0.2) is 0 Å². The second-order valence-electron chi connectivity index (χ2n) is 10.6. The quantitative estimate of drug-likeness (QED) is 0.196. The van der Waals surface area contributed by atoms with Gasteiger partial charge in [-0.05, 0) is 84.9 Å². The smallest absolute Gasteiger partial charge is 0.408 e. The highest BCUT2D eigenvalue weighted by atomic mass is 32.2. The molecule has 1 amide bonds. The molecule has 0 aromatic heterocycles. The second kappa shape index (κ2) is 10.5. The first-order valence-corrected chi connectivity index (χ1v) is 13.2. The van der Waals surface area contributed by atoms with E-state index in [0.717, 1.165) is 16.9 Å². The fourth-order valence-electron chi connectivity index (χ4n) is 4.10. The summed E-state index contributed by atoms with van der Waals surface area (Å²) >= 11 is 0. The summed E-state index contributed by atoms with van der Waals surface area (Å²) in [5, 5.41) is 22.3. The van der Waals surface area contributed by atoms with Crippen molar-refractivity contribution in [1.82, 2.24) is 15.4 Å². The van der Waals surface area contributed by atoms with Crippen molar-refractivity contribution >= 4 is 28.0 Å². The molecule has 36 heavy (non-hydrogen) atoms. The highest BCUT2D eigenvalue weighted by Gasteiger charge is 2.36. The summed E-state index contributed by atoms with van der Waals surface area (Å²) in [4.78, 5) is 23.4. The van der Waals surface area contributed by atoms with E-state index in [2.05, 4.69) is 15.4 Å². The minimum Gasteiger partial charge on any atom is -0.487 e. The van der Waals surface area contributed by atoms with Gasteiger partial charge in [0.1, 0.15) is 23.0 Å². The molecular formula is C24H38N4O7S. The molecule has 0 unspecified atom stereocenters. The third-order valence-corrected chi connectivity index (χ3v) is 7.38. The van der Waals surface area contributed by atoms with Crippen LogP contribution in [0, 0.1) is 26.2 Å². The zero-order valence-corrected chi connectivity index (χ0v) is 23.0. The summed E-state index contributed by atoms with van der Waals surface area (Å²) in [6, 6.07) is -1.18. The fraction of sp³-hybridized carbons (Fsp3) is 0.625. The van der Waals surface area contributed by atoms with Crippen molar-refractivity contribution in [3.8, 4) is 5.75 Å². The van der Waals surface area contributed by atoms with E-state index in [1.54, 1.807) is 34.6 Å². The Hall–Kier alpha value is -3.02. The van der Waals surface area contributed by atoms with Gasteiger partial charge in [0.05, 0.1) is 4.90 Å². The van der Waals surface area contributed by atoms with Crippen molar-refractivity contribution in [1.29, 1.82) is 5.41 Å². The molecule has 202 valence electrons. The number of carboxylic acid groups (broad SMARTS) is 1. The molecule has 1 aliphatic heterocycles. The van der Waals surface area contributed by atoms with Crippen molar-refractivity contribution in [3.63, 3.8) is 0 Å². The van der Waals surface area contributed by atoms with Gasteiger partial charge in [-0.2, -0.15) is 0 Å². The average Bonchev–Trinajstić information content (AvgIpc) is 3.02. The van der Waals surface area contributed by atoms with Crippen LogP contribution in [0.1, 0.15) is 69.7 Å². The lowest BCUT2D eigenvalue weighted by molar-refractivity contribution is -0.139. The number of rotatable bonds is 8. The molecule has 0 radical (unpaired) electrons. The molecule has 0 spiro atoms. The van der Waals surface area contributed by atoms with Crippen LogP contribution in [0.2, 0.25) is 0 Å². The molecule has 0 saturated carbocycles. The summed E-state index contributed by atoms with van der Waals surface area (Å²) in [7, 11) is -4.06. The monoisotopic (exact) mass is 526 g/mol. The Balaban J connectivity index is 2.00. The van der Waals surface area contributed by atoms with E-state index in [4.69, 9.17) is 14.9 Å². The van der Waals surface area contributed by atoms with Gasteiger partial charge < -0.3 is 25.2 Å². The third kappa shape index (κ3) is 7.25. The fourth-order valence-corrected chi connectivity index (χ4v) is 5.62. The Bertz CT molecular complexity index is 1150. The first-order valence-electron chi connectivity index (χ1n) is 11.7. The maximum Gasteiger partial charge on any atom is 0.408 e. The Morgan fingerprint density at radius 2 is 1.78 bits per heavy atom. The van der Waals surface area contributed by atoms with Crippen molar-refractivity contribution in [2.45, 2.75) is 96.8 Å². The molecule has 1 aliphatic rings. The number of carbonyl (C=O) groups is 2. The average molecular weight is 527 g/mol. The number of benzene rings is 1. The zero-order valence-electron chi connectivity index (χ0n) is 22.2. The SMILES string of the molecule is Cc1c(C)c(S(=O)(=O)NC(=N)NCCC[C@@H](NC(=O)OC(C)(C)C)C(=O)O)c(C)c2c1OC(C)(C)C2. The van der Waals surface area contributed by atoms with Gasteiger partial charge in [-0.3, -0.25) is 5.41 Å². The summed E-state index contributed by atoms with van der Waals surface area (Å²) < 4.78 is 39.8. The van der Waals surface area contributed by atoms with E-state index in [1.165, 1.54) is 0 Å². The number of amides is 1. The molecule has 0 bridgehead atoms. The van der Waals surface area contributed by atoms with E-state index in [9.17, 15) is 23.1 Å². The molecule has 0 fully saturated rings. The van der Waals surface area contributed by atoms with Crippen LogP contribution in [0.15, 0.2) is 4.90 Å². The molecule has 2 rings (SSSR count). The number of carbonyl (C=O) groups excluding carboxylic acids is 1. The van der Waals surface area contributed by atoms with Crippen LogP contribution in [0.25, 0.3) is 0 Å². The van der Waals surface area contributed by atoms with Crippen LogP contribution in [-0.2, 0) is 26.0 Å². The number of hydrogen-bond donors (Lipinski definition) is 5. The maximum absolute atomic E-state index is 13.2. The predicted molar refractivity (Wildman–Crippen MR) is 135 cm³/mol. The molecule has 0 saturated heterocycles. The molecule has 0 aliphatic carbocycles. The highest BCUT2D eigenvalue weighted by molar-refractivity contribution is 7.90. The normalized spacial score (nSPS) is 15.3. The Kier molecular flexibility index (Phi) is 8.55. The highest BCUT2D eigenvalue weighted by Crippen LogP contribution is 2.43. The van der Waals surface area contributed by atoms with Crippen molar-refractivity contribution in [2.75, 3.05) is 6.54 Å². The summed E-state index contributed by atoms with van der Waals surface area (Å²) in [5.41, 5.74) is 1.55. The van der Waals surface area contributed by atoms with Crippen molar-refractivity contribution in [3.05, 3.63) is 22.3 Å². The Morgan fingerprint density at radius 3 is 2.33 bits per heavy atom. The number of hydrogen-bond acceptors (Lipinski definition) is 7. The zero-order chi connectivity index (χ0) is 27.6. The molecule has 5 N–H and O–H groups in total. The first kappa shape index (κ1) is 29.2. The number of carboxylic acids is 1. The number of sulfonamides is 1. The van der Waals surface area contributed by atoms with Crippen LogP contribution in [-0.4, -0.2) is 55.3 Å². The van der Waals surface area contributed by atoms with E-state index in [-0.39, 0.29) is 24.3 Å². The lowest BCUT2D eigenvalue weighted by Crippen LogP contribution is -2.44. The van der Waals surface area contributed by atoms with E-state index < -0.39 is 45.3 Å². The maximum atomic E-state index is 13.2. The first-order chi connectivity index (χ1) is 16.3. The standard InChI is InChI=1S/C24H38N4O7S/c1-13-14(2)19(15(3)16-12-24(7,8)34-18(13)16)36(32,33)28-21(25)26-11-9-10-17(20(29)30)27-22(31)35-23(4,5)6/h17H,9-12H2,1-8H3,(H,27,31)(H,29,30)(H3,25,26,28)/t17-/m1/s1. The van der Waals surface area contributed by atoms with E-state index >= 15 is 0 Å². The van der Waals surface area contributed by atoms with Gasteiger partial charge >= 0.3 is 12.1 Å². The van der Waals surface area contributed by atoms with Gasteiger partial charge in [-0.1, -0.05) is 0 Å². The van der Waals surface area contributed by atoms with Gasteiger partial charge in [0.2, 0.25) is 5.96 Å². The minimum absolute atomic E-state index is 0.0552. The van der Waals surface area contributed by atoms with Gasteiger partial charge in [-0.25, -0.2) is 22.7 Å². The number of nitrogens with one attached hydrogen (secondary N) is 4. The molecule has 11 nitrogen and oxygen atoms in total. The molecular weight excluding hydrogens is 488 g/mol. The van der Waals surface area contributed by atoms with Crippen LogP contribution < -0.4 is 20.1 Å². The number of alkyl carbamates (subject to hydrolysis) is 1. The molecule has 12 heteroatoms. The summed E-state index contributed by atoms with van der Waals surface area (Å²) in [5.74, 6) is -0.938. The topological polar surface area (TPSA) is 167 Å². The predicted octanol–water partition coefficient (Wildman–Crippen LogP) is 2.89. The summed E-state index contributed by atoms with van der Waals surface area (Å²) in [6.45, 7) is 14.3. The van der Waals surface area contributed by atoms with Crippen LogP contribution in [0.5, 0.6) is 5.75 Å². The van der Waals surface area contributed by atoms with Gasteiger partial charge in [0.25, 0.3) is 10.0 Å². The van der Waals surface area contributed by atoms with Gasteiger partial charge in [-0.15, -0.1) is 0 Å². The number of guanidine groups is 1. The largest absolute Gasteiger partial charge is 0.487 e. The van der Waals surface area contributed by atoms with Crippen molar-refractivity contribution < 1.29 is 32.6 Å². The van der Waals surface area contributed by atoms with Crippen molar-refractivity contribution in [2.24, 2.45) is 0 Å². The third-order valence-electron chi connectivity index (χ3n) is 5.76. The van der Waals surface area contributed by atoms with Crippen LogP contribution in [0.3, 0.4) is 0 Å². The van der Waals surface area contributed by atoms with E-state index in [1.807, 2.05) is 20.8 Å². The Labute approximate surface area is 212 Å². The molecule has 1 heterocycles. The van der Waals surface area contributed by atoms with E-state index in [0.29, 0.717) is 17.5 Å². The number of aliphatic carboxylic acids is 1. The lowest BCUT2D eigenvalue weighted by Gasteiger charge is -2.22. The number of ether oxygens (including phenoxy) is 2. The van der Waals surface area contributed by atoms with Crippen LogP contribution >= 0.6 is 0 Å².